The summed E-state index contributed by atoms with van der Waals surface area (Å²) in [5.41, 5.74) is 4.54. The summed E-state index contributed by atoms with van der Waals surface area (Å²) in [6, 6.07) is 24.5. The van der Waals surface area contributed by atoms with Gasteiger partial charge in [0.25, 0.3) is 0 Å². The summed E-state index contributed by atoms with van der Waals surface area (Å²) in [4.78, 5) is 4.89. The van der Waals surface area contributed by atoms with Gasteiger partial charge >= 0.3 is 0 Å². The lowest BCUT2D eigenvalue weighted by atomic mass is 10.1. The zero-order valence-corrected chi connectivity index (χ0v) is 18.5. The molecule has 3 aromatic carbocycles. The van der Waals surface area contributed by atoms with Crippen LogP contribution in [0.25, 0.3) is 11.0 Å². The first-order valence-corrected chi connectivity index (χ1v) is 11.0. The standard InChI is InChI=1S/C27H30N2O2/c1-20-12-11-13-21(2)26(20)30-19-10-9-18-29-25-17-8-7-16-24(25)28-27(29)22(3)31-23-14-5-4-6-15-23/h4-8,11-17,22H,9-10,18-19H2,1-3H3. The molecule has 4 rings (SSSR count). The molecular formula is C27H30N2O2. The second kappa shape index (κ2) is 9.69. The SMILES string of the molecule is Cc1cccc(C)c1OCCCCn1c(C(C)Oc2ccccc2)nc2ccccc21. The van der Waals surface area contributed by atoms with Gasteiger partial charge in [0, 0.05) is 6.54 Å². The van der Waals surface area contributed by atoms with E-state index in [9.17, 15) is 0 Å². The van der Waals surface area contributed by atoms with Crippen molar-refractivity contribution in [3.05, 3.63) is 89.7 Å². The van der Waals surface area contributed by atoms with Gasteiger partial charge in [-0.1, -0.05) is 48.5 Å². The molecule has 160 valence electrons. The predicted molar refractivity (Wildman–Crippen MR) is 126 cm³/mol. The van der Waals surface area contributed by atoms with E-state index in [1.165, 1.54) is 11.1 Å². The van der Waals surface area contributed by atoms with Crippen molar-refractivity contribution in [2.24, 2.45) is 0 Å². The number of aromatic nitrogens is 2. The molecule has 0 fully saturated rings. The Morgan fingerprint density at radius 3 is 2.32 bits per heavy atom. The highest BCUT2D eigenvalue weighted by Gasteiger charge is 2.18. The van der Waals surface area contributed by atoms with Gasteiger partial charge in [-0.05, 0) is 69.0 Å². The molecule has 1 heterocycles. The van der Waals surface area contributed by atoms with E-state index in [4.69, 9.17) is 14.5 Å². The third-order valence-corrected chi connectivity index (χ3v) is 5.53. The average molecular weight is 415 g/mol. The number of unbranched alkanes of at least 4 members (excludes halogenated alkanes) is 1. The van der Waals surface area contributed by atoms with Gasteiger partial charge < -0.3 is 14.0 Å². The monoisotopic (exact) mass is 414 g/mol. The van der Waals surface area contributed by atoms with Crippen molar-refractivity contribution in [2.45, 2.75) is 46.3 Å². The molecule has 0 bridgehead atoms. The number of nitrogens with zero attached hydrogens (tertiary/aromatic N) is 2. The maximum Gasteiger partial charge on any atom is 0.153 e. The number of hydrogen-bond donors (Lipinski definition) is 0. The highest BCUT2D eigenvalue weighted by molar-refractivity contribution is 5.76. The first-order valence-electron chi connectivity index (χ1n) is 11.0. The summed E-state index contributed by atoms with van der Waals surface area (Å²) in [7, 11) is 0. The summed E-state index contributed by atoms with van der Waals surface area (Å²) in [5.74, 6) is 2.83. The van der Waals surface area contributed by atoms with Crippen LogP contribution in [0.2, 0.25) is 0 Å². The third-order valence-electron chi connectivity index (χ3n) is 5.53. The maximum atomic E-state index is 6.17. The molecule has 0 saturated heterocycles. The zero-order chi connectivity index (χ0) is 21.6. The molecule has 0 saturated carbocycles. The van der Waals surface area contributed by atoms with E-state index in [2.05, 4.69) is 61.7 Å². The summed E-state index contributed by atoms with van der Waals surface area (Å²) in [6.45, 7) is 7.85. The summed E-state index contributed by atoms with van der Waals surface area (Å²) in [6.07, 6.45) is 1.85. The number of rotatable bonds is 9. The molecule has 31 heavy (non-hydrogen) atoms. The molecule has 1 unspecified atom stereocenters. The fourth-order valence-corrected chi connectivity index (χ4v) is 3.97. The van der Waals surface area contributed by atoms with Crippen molar-refractivity contribution in [1.29, 1.82) is 0 Å². The minimum atomic E-state index is -0.138. The largest absolute Gasteiger partial charge is 0.493 e. The first-order chi connectivity index (χ1) is 15.1. The molecule has 4 aromatic rings. The zero-order valence-electron chi connectivity index (χ0n) is 18.5. The lowest BCUT2D eigenvalue weighted by Crippen LogP contribution is -2.13. The molecule has 1 atom stereocenters. The van der Waals surface area contributed by atoms with Crippen LogP contribution in [0, 0.1) is 13.8 Å². The highest BCUT2D eigenvalue weighted by Crippen LogP contribution is 2.26. The molecule has 0 aliphatic rings. The van der Waals surface area contributed by atoms with Gasteiger partial charge in [-0.3, -0.25) is 0 Å². The van der Waals surface area contributed by atoms with Crippen LogP contribution >= 0.6 is 0 Å². The highest BCUT2D eigenvalue weighted by atomic mass is 16.5. The molecule has 0 aliphatic heterocycles. The Kier molecular flexibility index (Phi) is 6.56. The van der Waals surface area contributed by atoms with Crippen molar-refractivity contribution in [3.63, 3.8) is 0 Å². The van der Waals surface area contributed by atoms with Gasteiger partial charge in [-0.2, -0.15) is 0 Å². The van der Waals surface area contributed by atoms with E-state index in [-0.39, 0.29) is 6.10 Å². The predicted octanol–water partition coefficient (Wildman–Crippen LogP) is 6.65. The number of hydrogen-bond acceptors (Lipinski definition) is 3. The van der Waals surface area contributed by atoms with E-state index in [0.717, 1.165) is 47.7 Å². The van der Waals surface area contributed by atoms with Gasteiger partial charge in [0.2, 0.25) is 0 Å². The van der Waals surface area contributed by atoms with E-state index in [0.29, 0.717) is 6.61 Å². The minimum Gasteiger partial charge on any atom is -0.493 e. The second-order valence-electron chi connectivity index (χ2n) is 7.96. The van der Waals surface area contributed by atoms with Crippen LogP contribution in [0.3, 0.4) is 0 Å². The summed E-state index contributed by atoms with van der Waals surface area (Å²) in [5, 5.41) is 0. The van der Waals surface area contributed by atoms with E-state index in [1.54, 1.807) is 0 Å². The van der Waals surface area contributed by atoms with Crippen molar-refractivity contribution in [2.75, 3.05) is 6.61 Å². The average Bonchev–Trinajstić information content (AvgIpc) is 3.15. The third kappa shape index (κ3) is 4.91. The molecule has 0 radical (unpaired) electrons. The molecule has 4 heteroatoms. The van der Waals surface area contributed by atoms with E-state index in [1.807, 2.05) is 36.4 Å². The minimum absolute atomic E-state index is 0.138. The number of aryl methyl sites for hydroxylation is 3. The van der Waals surface area contributed by atoms with Gasteiger partial charge in [0.05, 0.1) is 17.6 Å². The Balaban J connectivity index is 1.43. The van der Waals surface area contributed by atoms with Crippen LogP contribution in [0.1, 0.15) is 42.8 Å². The topological polar surface area (TPSA) is 36.3 Å². The van der Waals surface area contributed by atoms with Gasteiger partial charge in [0.1, 0.15) is 11.5 Å². The van der Waals surface area contributed by atoms with Gasteiger partial charge in [0.15, 0.2) is 11.9 Å². The van der Waals surface area contributed by atoms with E-state index < -0.39 is 0 Å². The van der Waals surface area contributed by atoms with Crippen LogP contribution in [-0.2, 0) is 6.54 Å². The fraction of sp³-hybridized carbons (Fsp3) is 0.296. The van der Waals surface area contributed by atoms with Crippen molar-refractivity contribution in [1.82, 2.24) is 9.55 Å². The molecule has 1 aromatic heterocycles. The maximum absolute atomic E-state index is 6.17. The Morgan fingerprint density at radius 2 is 1.55 bits per heavy atom. The van der Waals surface area contributed by atoms with Crippen molar-refractivity contribution < 1.29 is 9.47 Å². The lowest BCUT2D eigenvalue weighted by molar-refractivity contribution is 0.211. The Labute approximate surface area is 184 Å². The van der Waals surface area contributed by atoms with Crippen LogP contribution in [0.15, 0.2) is 72.8 Å². The smallest absolute Gasteiger partial charge is 0.153 e. The normalized spacial score (nSPS) is 12.1. The van der Waals surface area contributed by atoms with Crippen LogP contribution in [0.5, 0.6) is 11.5 Å². The first kappa shape index (κ1) is 21.0. The fourth-order valence-electron chi connectivity index (χ4n) is 3.97. The Bertz CT molecular complexity index is 1110. The summed E-state index contributed by atoms with van der Waals surface area (Å²) >= 11 is 0. The lowest BCUT2D eigenvalue weighted by Gasteiger charge is -2.17. The van der Waals surface area contributed by atoms with Crippen molar-refractivity contribution >= 4 is 11.0 Å². The molecule has 0 amide bonds. The molecular weight excluding hydrogens is 384 g/mol. The van der Waals surface area contributed by atoms with Crippen molar-refractivity contribution in [3.8, 4) is 11.5 Å². The number of fused-ring (bicyclic) bond motifs is 1. The number of benzene rings is 3. The molecule has 4 nitrogen and oxygen atoms in total. The molecule has 0 spiro atoms. The Hall–Kier alpha value is -3.27. The number of ether oxygens (including phenoxy) is 2. The second-order valence-corrected chi connectivity index (χ2v) is 7.96. The Morgan fingerprint density at radius 1 is 0.839 bits per heavy atom. The quantitative estimate of drug-likeness (QED) is 0.288. The van der Waals surface area contributed by atoms with E-state index >= 15 is 0 Å². The van der Waals surface area contributed by atoms with Crippen LogP contribution < -0.4 is 9.47 Å². The van der Waals surface area contributed by atoms with Gasteiger partial charge in [-0.15, -0.1) is 0 Å². The van der Waals surface area contributed by atoms with Crippen LogP contribution in [-0.4, -0.2) is 16.2 Å². The number of imidazole rings is 1. The molecule has 0 N–H and O–H groups in total. The molecule has 0 aliphatic carbocycles. The van der Waals surface area contributed by atoms with Gasteiger partial charge in [-0.25, -0.2) is 4.98 Å². The summed E-state index contributed by atoms with van der Waals surface area (Å²) < 4.78 is 14.5. The van der Waals surface area contributed by atoms with Crippen LogP contribution in [0.4, 0.5) is 0 Å². The number of para-hydroxylation sites is 4.